The quantitative estimate of drug-likeness (QED) is 0.379. The normalized spacial score (nSPS) is 24.7. The number of hydrogen-bond donors (Lipinski definition) is 1. The molecule has 0 saturated heterocycles. The molecule has 1 atom stereocenters. The van der Waals surface area contributed by atoms with Crippen LogP contribution in [0.1, 0.15) is 6.92 Å². The zero-order valence-electron chi connectivity index (χ0n) is 7.42. The zero-order chi connectivity index (χ0) is 11.6. The Kier molecular flexibility index (Phi) is 2.65. The van der Waals surface area contributed by atoms with Crippen LogP contribution in [0.15, 0.2) is 5.16 Å². The summed E-state index contributed by atoms with van der Waals surface area (Å²) >= 11 is 0. The number of amidine groups is 1. The lowest BCUT2D eigenvalue weighted by atomic mass is 10.4. The van der Waals surface area contributed by atoms with Gasteiger partial charge in [0.1, 0.15) is 0 Å². The molecule has 0 fully saturated rings. The molecule has 0 radical (unpaired) electrons. The second-order valence-electron chi connectivity index (χ2n) is 2.42. The van der Waals surface area contributed by atoms with Gasteiger partial charge < -0.3 is 10.1 Å². The van der Waals surface area contributed by atoms with E-state index in [1.807, 2.05) is 5.32 Å². The number of nitro groups is 2. The van der Waals surface area contributed by atoms with E-state index < -0.39 is 26.9 Å². The molecule has 1 heterocycles. The van der Waals surface area contributed by atoms with E-state index >= 15 is 0 Å². The van der Waals surface area contributed by atoms with Gasteiger partial charge in [0.05, 0.1) is 0 Å². The summed E-state index contributed by atoms with van der Waals surface area (Å²) in [6, 6.07) is 0. The lowest BCUT2D eigenvalue weighted by molar-refractivity contribution is -0.755. The molecule has 10 nitrogen and oxygen atoms in total. The molecule has 15 heavy (non-hydrogen) atoms. The van der Waals surface area contributed by atoms with E-state index in [-0.39, 0.29) is 6.54 Å². The maximum atomic E-state index is 13.8. The lowest BCUT2D eigenvalue weighted by Crippen LogP contribution is -2.60. The Bertz CT molecular complexity index is 333. The van der Waals surface area contributed by atoms with Gasteiger partial charge in [-0.05, 0) is 11.5 Å². The summed E-state index contributed by atoms with van der Waals surface area (Å²) in [6.45, 7) is 1.33. The van der Waals surface area contributed by atoms with Gasteiger partial charge in [0.15, 0.2) is 10.3 Å². The van der Waals surface area contributed by atoms with Crippen LogP contribution in [0.3, 0.4) is 0 Å². The molecule has 84 valence electrons. The van der Waals surface area contributed by atoms with Gasteiger partial charge in [0, 0.05) is 0 Å². The van der Waals surface area contributed by atoms with Crippen LogP contribution in [-0.2, 0) is 4.94 Å². The summed E-state index contributed by atoms with van der Waals surface area (Å²) in [4.78, 5) is 23.3. The van der Waals surface area contributed by atoms with Gasteiger partial charge in [-0.25, -0.2) is 15.4 Å². The molecule has 0 aromatic rings. The molecule has 11 heteroatoms. The Morgan fingerprint density at radius 3 is 2.67 bits per heavy atom. The summed E-state index contributed by atoms with van der Waals surface area (Å²) in [7, 11) is 0. The molecule has 1 aliphatic rings. The zero-order valence-corrected chi connectivity index (χ0v) is 7.42. The molecule has 1 N–H and O–H groups in total. The molecule has 0 aromatic carbocycles. The van der Waals surface area contributed by atoms with E-state index in [1.165, 1.54) is 6.92 Å². The van der Waals surface area contributed by atoms with E-state index in [1.54, 1.807) is 0 Å². The van der Waals surface area contributed by atoms with Crippen molar-refractivity contribution >= 4 is 5.84 Å². The van der Waals surface area contributed by atoms with Crippen LogP contribution in [0, 0.1) is 20.2 Å². The third kappa shape index (κ3) is 1.63. The highest BCUT2D eigenvalue weighted by atomic mass is 19.2. The summed E-state index contributed by atoms with van der Waals surface area (Å²) in [5.74, 6) is -4.48. The van der Waals surface area contributed by atoms with Crippen molar-refractivity contribution in [2.24, 2.45) is 5.16 Å². The third-order valence-corrected chi connectivity index (χ3v) is 1.50. The molecule has 1 unspecified atom stereocenters. The second kappa shape index (κ2) is 3.61. The van der Waals surface area contributed by atoms with E-state index in [9.17, 15) is 24.6 Å². The average Bonchev–Trinajstić information content (AvgIpc) is 2.43. The minimum absolute atomic E-state index is 0.0863. The van der Waals surface area contributed by atoms with E-state index in [2.05, 4.69) is 10.1 Å². The van der Waals surface area contributed by atoms with Gasteiger partial charge in [-0.2, -0.15) is 4.39 Å². The largest absolute Gasteiger partial charge is 0.472 e. The summed E-state index contributed by atoms with van der Waals surface area (Å²) in [5, 5.41) is 23.4. The average molecular weight is 223 g/mol. The van der Waals surface area contributed by atoms with Gasteiger partial charge in [0.2, 0.25) is 5.03 Å². The van der Waals surface area contributed by atoms with Gasteiger partial charge >= 0.3 is 11.8 Å². The Morgan fingerprint density at radius 2 is 2.27 bits per heavy atom. The summed E-state index contributed by atoms with van der Waals surface area (Å²) in [5.41, 5.74) is 0. The predicted octanol–water partition coefficient (Wildman–Crippen LogP) is -0.752. The molecule has 0 aromatic heterocycles. The molecule has 0 spiro atoms. The number of hydroxylamine groups is 1. The molecule has 0 saturated carbocycles. The highest BCUT2D eigenvalue weighted by molar-refractivity contribution is 5.82. The van der Waals surface area contributed by atoms with Crippen LogP contribution in [0.5, 0.6) is 0 Å². The Hall–Kier alpha value is -2.04. The predicted molar refractivity (Wildman–Crippen MR) is 41.9 cm³/mol. The number of hydrogen-bond acceptors (Lipinski definition) is 7. The molecule has 0 amide bonds. The van der Waals surface area contributed by atoms with Crippen molar-refractivity contribution < 1.29 is 19.3 Å². The van der Waals surface area contributed by atoms with Gasteiger partial charge in [-0.1, -0.05) is 11.9 Å². The molecule has 0 aliphatic carbocycles. The highest BCUT2D eigenvalue weighted by Gasteiger charge is 2.66. The topological polar surface area (TPSA) is 123 Å². The summed E-state index contributed by atoms with van der Waals surface area (Å²) < 4.78 is 13.8. The van der Waals surface area contributed by atoms with Crippen molar-refractivity contribution in [3.8, 4) is 0 Å². The minimum atomic E-state index is -3.16. The van der Waals surface area contributed by atoms with Crippen LogP contribution in [0.25, 0.3) is 0 Å². The maximum Gasteiger partial charge on any atom is 0.472 e. The van der Waals surface area contributed by atoms with E-state index in [0.717, 1.165) is 0 Å². The number of nitrogens with one attached hydrogen (secondary N) is 1. The van der Waals surface area contributed by atoms with Crippen LogP contribution in [0.4, 0.5) is 4.39 Å². The number of alkyl halides is 1. The number of oxime groups is 1. The monoisotopic (exact) mass is 223 g/mol. The van der Waals surface area contributed by atoms with Crippen molar-refractivity contribution in [1.29, 1.82) is 0 Å². The highest BCUT2D eigenvalue weighted by Crippen LogP contribution is 2.23. The molecular formula is C4H6FN5O5. The molecule has 1 rings (SSSR count). The molecule has 0 bridgehead atoms. The van der Waals surface area contributed by atoms with Crippen LogP contribution < -0.4 is 5.32 Å². The third-order valence-electron chi connectivity index (χ3n) is 1.50. The van der Waals surface area contributed by atoms with Crippen molar-refractivity contribution in [2.75, 3.05) is 6.54 Å². The Morgan fingerprint density at radius 1 is 1.67 bits per heavy atom. The first kappa shape index (κ1) is 11.0. The lowest BCUT2D eigenvalue weighted by Gasteiger charge is -2.16. The van der Waals surface area contributed by atoms with Crippen molar-refractivity contribution in [1.82, 2.24) is 10.5 Å². The summed E-state index contributed by atoms with van der Waals surface area (Å²) in [6.07, 6.45) is 0. The van der Waals surface area contributed by atoms with E-state index in [4.69, 9.17) is 0 Å². The van der Waals surface area contributed by atoms with Gasteiger partial charge in [-0.15, -0.1) is 0 Å². The van der Waals surface area contributed by atoms with Crippen LogP contribution >= 0.6 is 0 Å². The Labute approximate surface area is 81.5 Å². The second-order valence-corrected chi connectivity index (χ2v) is 2.42. The first-order valence-electron chi connectivity index (χ1n) is 3.72. The smallest absolute Gasteiger partial charge is 0.358 e. The van der Waals surface area contributed by atoms with Crippen LogP contribution in [0.2, 0.25) is 0 Å². The van der Waals surface area contributed by atoms with Crippen molar-refractivity contribution in [3.63, 3.8) is 0 Å². The SMILES string of the molecule is CCNC1(F)C([N+](=O)[O-])=NON1[N+](=O)[O-]. The van der Waals surface area contributed by atoms with Gasteiger partial charge in [0.25, 0.3) is 0 Å². The fourth-order valence-corrected chi connectivity index (χ4v) is 0.957. The molecular weight excluding hydrogens is 217 g/mol. The minimum Gasteiger partial charge on any atom is -0.358 e. The first-order valence-corrected chi connectivity index (χ1v) is 3.72. The Balaban J connectivity index is 3.03. The standard InChI is InChI=1S/C4H6FN5O5/c1-2-6-4(5)3(8(11)12)7-15-9(4)10(13)14/h6H,2H2,1H3. The van der Waals surface area contributed by atoms with E-state index in [0.29, 0.717) is 0 Å². The first-order chi connectivity index (χ1) is 6.93. The van der Waals surface area contributed by atoms with Gasteiger partial charge in [-0.3, -0.25) is 0 Å². The number of halogens is 1. The molecule has 1 aliphatic heterocycles. The number of rotatable bonds is 3. The number of nitrogens with zero attached hydrogens (tertiary/aromatic N) is 4. The number of hydrazine groups is 1. The maximum absolute atomic E-state index is 13.8. The van der Waals surface area contributed by atoms with Crippen LogP contribution in [-0.4, -0.2) is 33.4 Å². The van der Waals surface area contributed by atoms with Crippen molar-refractivity contribution in [3.05, 3.63) is 20.2 Å². The fraction of sp³-hybridized carbons (Fsp3) is 0.750. The fourth-order valence-electron chi connectivity index (χ4n) is 0.957. The number of likely N-dealkylation sites (N-methyl/N-ethyl adjacent to an activating group) is 1. The van der Waals surface area contributed by atoms with Crippen molar-refractivity contribution in [2.45, 2.75) is 12.8 Å².